The van der Waals surface area contributed by atoms with Crippen molar-refractivity contribution in [1.29, 1.82) is 0 Å². The number of carbonyl (C=O) groups excluding carboxylic acids is 1. The first-order valence-corrected chi connectivity index (χ1v) is 3.57. The molecule has 0 heterocycles. The van der Waals surface area contributed by atoms with Gasteiger partial charge >= 0.3 is 0 Å². The quantitative estimate of drug-likeness (QED) is 0.543. The lowest BCUT2D eigenvalue weighted by Gasteiger charge is -2.16. The number of hydrogen-bond donors (Lipinski definition) is 1. The van der Waals surface area contributed by atoms with Gasteiger partial charge in [0.1, 0.15) is 0 Å². The molecule has 0 saturated heterocycles. The molecule has 0 bridgehead atoms. The Kier molecular flexibility index (Phi) is 2.96. The Balaban J connectivity index is 3.99. The zero-order chi connectivity index (χ0) is 8.36. The second kappa shape index (κ2) is 3.10. The first-order chi connectivity index (χ1) is 4.34. The summed E-state index contributed by atoms with van der Waals surface area (Å²) >= 11 is 4.71. The van der Waals surface area contributed by atoms with Crippen molar-refractivity contribution in [1.82, 2.24) is 5.32 Å². The summed E-state index contributed by atoms with van der Waals surface area (Å²) in [5.41, 5.74) is -0.347. The Bertz CT molecular complexity index is 157. The van der Waals surface area contributed by atoms with Gasteiger partial charge in [-0.3, -0.25) is 4.79 Å². The van der Waals surface area contributed by atoms with E-state index in [1.807, 2.05) is 20.8 Å². The molecule has 0 aromatic carbocycles. The molecule has 0 aliphatic carbocycles. The van der Waals surface area contributed by atoms with Crippen LogP contribution in [0, 0.1) is 5.41 Å². The summed E-state index contributed by atoms with van der Waals surface area (Å²) in [5.74, 6) is -0.0278. The van der Waals surface area contributed by atoms with Crippen LogP contribution in [0.3, 0.4) is 0 Å². The van der Waals surface area contributed by atoms with Gasteiger partial charge in [0, 0.05) is 5.41 Å². The predicted molar refractivity (Wildman–Crippen MR) is 45.9 cm³/mol. The second-order valence-electron chi connectivity index (χ2n) is 3.26. The Hall–Kier alpha value is -0.440. The Morgan fingerprint density at radius 3 is 1.90 bits per heavy atom. The van der Waals surface area contributed by atoms with E-state index in [9.17, 15) is 4.79 Å². The SMILES string of the molecule is CC(=S)NC(=O)C(C)(C)C. The topological polar surface area (TPSA) is 29.1 Å². The molecule has 0 saturated carbocycles. The average Bonchev–Trinajstić information content (AvgIpc) is 1.60. The van der Waals surface area contributed by atoms with E-state index in [4.69, 9.17) is 12.2 Å². The van der Waals surface area contributed by atoms with Crippen LogP contribution in [0.1, 0.15) is 27.7 Å². The molecule has 0 aromatic heterocycles. The van der Waals surface area contributed by atoms with Crippen LogP contribution in [0.5, 0.6) is 0 Å². The van der Waals surface area contributed by atoms with Crippen molar-refractivity contribution >= 4 is 23.1 Å². The zero-order valence-electron chi connectivity index (χ0n) is 6.82. The molecule has 0 fully saturated rings. The molecule has 0 aliphatic rings. The van der Waals surface area contributed by atoms with Gasteiger partial charge in [-0.2, -0.15) is 0 Å². The van der Waals surface area contributed by atoms with Gasteiger partial charge in [-0.1, -0.05) is 33.0 Å². The molecule has 0 aliphatic heterocycles. The smallest absolute Gasteiger partial charge is 0.230 e. The third-order valence-corrected chi connectivity index (χ3v) is 1.07. The molecular formula is C7H13NOS. The Labute approximate surface area is 67.0 Å². The highest BCUT2D eigenvalue weighted by molar-refractivity contribution is 7.80. The first kappa shape index (κ1) is 9.56. The van der Waals surface area contributed by atoms with Crippen LogP contribution in [0.4, 0.5) is 0 Å². The second-order valence-corrected chi connectivity index (χ2v) is 3.87. The lowest BCUT2D eigenvalue weighted by atomic mass is 9.96. The molecule has 0 aromatic rings. The molecule has 10 heavy (non-hydrogen) atoms. The number of amides is 1. The van der Waals surface area contributed by atoms with E-state index >= 15 is 0 Å². The summed E-state index contributed by atoms with van der Waals surface area (Å²) < 4.78 is 0. The molecule has 0 rings (SSSR count). The van der Waals surface area contributed by atoms with Crippen molar-refractivity contribution in [3.63, 3.8) is 0 Å². The Morgan fingerprint density at radius 1 is 1.40 bits per heavy atom. The van der Waals surface area contributed by atoms with E-state index < -0.39 is 0 Å². The van der Waals surface area contributed by atoms with Crippen LogP contribution in [0.2, 0.25) is 0 Å². The van der Waals surface area contributed by atoms with Crippen molar-refractivity contribution in [3.05, 3.63) is 0 Å². The highest BCUT2D eigenvalue weighted by Crippen LogP contribution is 2.11. The van der Waals surface area contributed by atoms with Gasteiger partial charge < -0.3 is 5.32 Å². The number of rotatable bonds is 0. The van der Waals surface area contributed by atoms with E-state index in [2.05, 4.69) is 5.32 Å². The molecule has 58 valence electrons. The molecule has 1 amide bonds. The van der Waals surface area contributed by atoms with Gasteiger partial charge in [0.15, 0.2) is 0 Å². The van der Waals surface area contributed by atoms with Crippen molar-refractivity contribution in [3.8, 4) is 0 Å². The fourth-order valence-corrected chi connectivity index (χ4v) is 0.440. The number of nitrogens with one attached hydrogen (secondary N) is 1. The minimum absolute atomic E-state index is 0.0278. The van der Waals surface area contributed by atoms with Crippen LogP contribution in [-0.4, -0.2) is 10.9 Å². The van der Waals surface area contributed by atoms with E-state index in [0.29, 0.717) is 4.99 Å². The molecule has 2 nitrogen and oxygen atoms in total. The average molecular weight is 159 g/mol. The monoisotopic (exact) mass is 159 g/mol. The van der Waals surface area contributed by atoms with Crippen LogP contribution in [0.25, 0.3) is 0 Å². The third-order valence-electron chi connectivity index (χ3n) is 0.971. The maximum atomic E-state index is 11.1. The largest absolute Gasteiger partial charge is 0.320 e. The molecule has 0 spiro atoms. The number of thiocarbonyl (C=S) groups is 1. The van der Waals surface area contributed by atoms with Crippen molar-refractivity contribution < 1.29 is 4.79 Å². The molecule has 0 unspecified atom stereocenters. The molecule has 0 radical (unpaired) electrons. The van der Waals surface area contributed by atoms with Crippen molar-refractivity contribution in [2.24, 2.45) is 5.41 Å². The number of carbonyl (C=O) groups is 1. The summed E-state index contributed by atoms with van der Waals surface area (Å²) in [4.78, 5) is 11.6. The van der Waals surface area contributed by atoms with Crippen LogP contribution in [-0.2, 0) is 4.79 Å². The highest BCUT2D eigenvalue weighted by atomic mass is 32.1. The maximum absolute atomic E-state index is 11.1. The molecule has 1 N–H and O–H groups in total. The summed E-state index contributed by atoms with van der Waals surface area (Å²) in [6, 6.07) is 0. The summed E-state index contributed by atoms with van der Waals surface area (Å²) in [5, 5.41) is 2.58. The van der Waals surface area contributed by atoms with Gasteiger partial charge in [0.05, 0.1) is 4.99 Å². The van der Waals surface area contributed by atoms with E-state index in [1.54, 1.807) is 6.92 Å². The fraction of sp³-hybridized carbons (Fsp3) is 0.714. The van der Waals surface area contributed by atoms with E-state index in [0.717, 1.165) is 0 Å². The standard InChI is InChI=1S/C7H13NOS/c1-5(10)8-6(9)7(2,3)4/h1-4H3,(H,8,9,10). The highest BCUT2D eigenvalue weighted by Gasteiger charge is 2.20. The molecular weight excluding hydrogens is 146 g/mol. The third kappa shape index (κ3) is 3.56. The Morgan fingerprint density at radius 2 is 1.80 bits per heavy atom. The fourth-order valence-electron chi connectivity index (χ4n) is 0.347. The lowest BCUT2D eigenvalue weighted by Crippen LogP contribution is -2.36. The van der Waals surface area contributed by atoms with Gasteiger partial charge in [-0.25, -0.2) is 0 Å². The normalized spacial score (nSPS) is 10.8. The summed E-state index contributed by atoms with van der Waals surface area (Å²) in [6.45, 7) is 7.24. The van der Waals surface area contributed by atoms with E-state index in [1.165, 1.54) is 0 Å². The van der Waals surface area contributed by atoms with Crippen molar-refractivity contribution in [2.45, 2.75) is 27.7 Å². The van der Waals surface area contributed by atoms with Crippen molar-refractivity contribution in [2.75, 3.05) is 0 Å². The van der Waals surface area contributed by atoms with Gasteiger partial charge in [0.2, 0.25) is 5.91 Å². The van der Waals surface area contributed by atoms with Gasteiger partial charge in [0.25, 0.3) is 0 Å². The number of hydrogen-bond acceptors (Lipinski definition) is 2. The zero-order valence-corrected chi connectivity index (χ0v) is 7.63. The van der Waals surface area contributed by atoms with Crippen LogP contribution < -0.4 is 5.32 Å². The van der Waals surface area contributed by atoms with Crippen LogP contribution in [0.15, 0.2) is 0 Å². The predicted octanol–water partition coefficient (Wildman–Crippen LogP) is 1.50. The molecule has 0 atom stereocenters. The maximum Gasteiger partial charge on any atom is 0.230 e. The lowest BCUT2D eigenvalue weighted by molar-refractivity contribution is -0.126. The summed E-state index contributed by atoms with van der Waals surface area (Å²) in [7, 11) is 0. The minimum Gasteiger partial charge on any atom is -0.320 e. The van der Waals surface area contributed by atoms with Crippen LogP contribution >= 0.6 is 12.2 Å². The van der Waals surface area contributed by atoms with Gasteiger partial charge in [-0.15, -0.1) is 0 Å². The minimum atomic E-state index is -0.347. The first-order valence-electron chi connectivity index (χ1n) is 3.16. The summed E-state index contributed by atoms with van der Waals surface area (Å²) in [6.07, 6.45) is 0. The molecule has 3 heteroatoms. The van der Waals surface area contributed by atoms with E-state index in [-0.39, 0.29) is 11.3 Å². The van der Waals surface area contributed by atoms with Gasteiger partial charge in [-0.05, 0) is 6.92 Å².